The van der Waals surface area contributed by atoms with E-state index in [4.69, 9.17) is 19.2 Å². The summed E-state index contributed by atoms with van der Waals surface area (Å²) in [5.74, 6) is 1.06. The lowest BCUT2D eigenvalue weighted by Gasteiger charge is -2.27. The van der Waals surface area contributed by atoms with E-state index in [9.17, 15) is 4.79 Å². The largest absolute Gasteiger partial charge is 0.497 e. The molecule has 0 spiro atoms. The molecule has 0 radical (unpaired) electrons. The Labute approximate surface area is 198 Å². The molecule has 0 atom stereocenters. The van der Waals surface area contributed by atoms with Crippen LogP contribution in [0.1, 0.15) is 27.9 Å². The highest BCUT2D eigenvalue weighted by atomic mass is 32.1. The zero-order chi connectivity index (χ0) is 23.4. The van der Waals surface area contributed by atoms with Crippen LogP contribution in [-0.2, 0) is 4.74 Å². The van der Waals surface area contributed by atoms with Crippen LogP contribution in [0.4, 0.5) is 5.13 Å². The highest BCUT2D eigenvalue weighted by molar-refractivity contribution is 7.22. The first-order valence-electron chi connectivity index (χ1n) is 11.2. The van der Waals surface area contributed by atoms with Crippen LogP contribution >= 0.6 is 11.3 Å². The van der Waals surface area contributed by atoms with Crippen molar-refractivity contribution in [3.05, 3.63) is 47.0 Å². The van der Waals surface area contributed by atoms with E-state index in [0.29, 0.717) is 28.7 Å². The highest BCUT2D eigenvalue weighted by Crippen LogP contribution is 2.32. The molecule has 3 aromatic rings. The number of methoxy groups -OCH3 is 2. The SMILES string of the molecule is COc1cc(OC)cc(C(=O)N(CCCN2CCOCC2)c2nc3cc(C)c(C)cc3s2)c1. The number of hydrogen-bond acceptors (Lipinski definition) is 7. The Bertz CT molecular complexity index is 1060. The first kappa shape index (κ1) is 23.5. The predicted octanol–water partition coefficient (Wildman–Crippen LogP) is 4.30. The third-order valence-corrected chi connectivity index (χ3v) is 7.07. The molecule has 1 saturated heterocycles. The van der Waals surface area contributed by atoms with Gasteiger partial charge < -0.3 is 14.2 Å². The van der Waals surface area contributed by atoms with Gasteiger partial charge in [0.15, 0.2) is 5.13 Å². The van der Waals surface area contributed by atoms with Gasteiger partial charge in [-0.2, -0.15) is 0 Å². The van der Waals surface area contributed by atoms with Crippen molar-refractivity contribution in [2.24, 2.45) is 0 Å². The fraction of sp³-hybridized carbons (Fsp3) is 0.440. The molecular formula is C25H31N3O4S. The average Bonchev–Trinajstić information content (AvgIpc) is 3.24. The summed E-state index contributed by atoms with van der Waals surface area (Å²) >= 11 is 1.56. The Balaban J connectivity index is 1.64. The molecule has 33 heavy (non-hydrogen) atoms. The van der Waals surface area contributed by atoms with Gasteiger partial charge in [-0.25, -0.2) is 4.98 Å². The molecule has 0 aliphatic carbocycles. The normalized spacial score (nSPS) is 14.4. The van der Waals surface area contributed by atoms with Crippen molar-refractivity contribution in [1.82, 2.24) is 9.88 Å². The van der Waals surface area contributed by atoms with Crippen LogP contribution in [0.2, 0.25) is 0 Å². The van der Waals surface area contributed by atoms with Gasteiger partial charge in [0.2, 0.25) is 0 Å². The number of amides is 1. The second kappa shape index (κ2) is 10.5. The van der Waals surface area contributed by atoms with Crippen molar-refractivity contribution in [1.29, 1.82) is 0 Å². The Morgan fingerprint density at radius 3 is 2.39 bits per heavy atom. The van der Waals surface area contributed by atoms with Gasteiger partial charge in [0, 0.05) is 37.8 Å². The molecule has 0 bridgehead atoms. The van der Waals surface area contributed by atoms with E-state index in [2.05, 4.69) is 30.9 Å². The topological polar surface area (TPSA) is 64.1 Å². The van der Waals surface area contributed by atoms with E-state index < -0.39 is 0 Å². The number of carbonyl (C=O) groups excluding carboxylic acids is 1. The Kier molecular flexibility index (Phi) is 7.47. The molecule has 2 heterocycles. The molecule has 1 aromatic heterocycles. The fourth-order valence-corrected chi connectivity index (χ4v) is 5.00. The molecule has 7 nitrogen and oxygen atoms in total. The molecule has 176 valence electrons. The Hall–Kier alpha value is -2.68. The Morgan fingerprint density at radius 1 is 1.06 bits per heavy atom. The first-order valence-corrected chi connectivity index (χ1v) is 12.0. The van der Waals surface area contributed by atoms with Crippen LogP contribution in [0.15, 0.2) is 30.3 Å². The summed E-state index contributed by atoms with van der Waals surface area (Å²) < 4.78 is 17.3. The van der Waals surface area contributed by atoms with Crippen molar-refractivity contribution in [2.75, 3.05) is 58.5 Å². The summed E-state index contributed by atoms with van der Waals surface area (Å²) in [5, 5.41) is 0.712. The van der Waals surface area contributed by atoms with E-state index in [1.807, 2.05) is 0 Å². The summed E-state index contributed by atoms with van der Waals surface area (Å²) in [7, 11) is 3.17. The summed E-state index contributed by atoms with van der Waals surface area (Å²) in [5.41, 5.74) is 3.86. The van der Waals surface area contributed by atoms with Gasteiger partial charge in [-0.05, 0) is 55.7 Å². The smallest absolute Gasteiger partial charge is 0.260 e. The molecule has 1 fully saturated rings. The van der Waals surface area contributed by atoms with Crippen molar-refractivity contribution >= 4 is 32.6 Å². The lowest BCUT2D eigenvalue weighted by Crippen LogP contribution is -2.39. The maximum Gasteiger partial charge on any atom is 0.260 e. The average molecular weight is 470 g/mol. The van der Waals surface area contributed by atoms with Crippen LogP contribution < -0.4 is 14.4 Å². The quantitative estimate of drug-likeness (QED) is 0.490. The number of anilines is 1. The molecular weight excluding hydrogens is 438 g/mol. The van der Waals surface area contributed by atoms with Gasteiger partial charge in [0.25, 0.3) is 5.91 Å². The standard InChI is InChI=1S/C25H31N3O4S/c1-17-12-22-23(13-18(17)2)33-25(26-22)28(7-5-6-27-8-10-32-11-9-27)24(29)19-14-20(30-3)16-21(15-19)31-4/h12-16H,5-11H2,1-4H3. The third-order valence-electron chi connectivity index (χ3n) is 6.03. The van der Waals surface area contributed by atoms with Gasteiger partial charge >= 0.3 is 0 Å². The van der Waals surface area contributed by atoms with Crippen LogP contribution in [0.3, 0.4) is 0 Å². The minimum Gasteiger partial charge on any atom is -0.497 e. The lowest BCUT2D eigenvalue weighted by atomic mass is 10.1. The molecule has 1 aliphatic heterocycles. The molecule has 1 amide bonds. The second-order valence-corrected chi connectivity index (χ2v) is 9.28. The predicted molar refractivity (Wildman–Crippen MR) is 132 cm³/mol. The summed E-state index contributed by atoms with van der Waals surface area (Å²) in [4.78, 5) is 22.7. The summed E-state index contributed by atoms with van der Waals surface area (Å²) in [6.07, 6.45) is 0.848. The van der Waals surface area contributed by atoms with Crippen molar-refractivity contribution in [3.63, 3.8) is 0 Å². The number of rotatable bonds is 8. The number of hydrogen-bond donors (Lipinski definition) is 0. The van der Waals surface area contributed by atoms with E-state index >= 15 is 0 Å². The van der Waals surface area contributed by atoms with E-state index in [1.54, 1.807) is 48.7 Å². The van der Waals surface area contributed by atoms with Crippen molar-refractivity contribution < 1.29 is 19.0 Å². The zero-order valence-corrected chi connectivity index (χ0v) is 20.5. The minimum absolute atomic E-state index is 0.110. The molecule has 0 unspecified atom stereocenters. The second-order valence-electron chi connectivity index (χ2n) is 8.27. The van der Waals surface area contributed by atoms with Crippen molar-refractivity contribution in [3.8, 4) is 11.5 Å². The van der Waals surface area contributed by atoms with Crippen LogP contribution in [0.5, 0.6) is 11.5 Å². The molecule has 4 rings (SSSR count). The number of aryl methyl sites for hydroxylation is 2. The molecule has 0 saturated carbocycles. The lowest BCUT2D eigenvalue weighted by molar-refractivity contribution is 0.0376. The number of fused-ring (bicyclic) bond motifs is 1. The fourth-order valence-electron chi connectivity index (χ4n) is 3.93. The maximum atomic E-state index is 13.7. The van der Waals surface area contributed by atoms with Crippen molar-refractivity contribution in [2.45, 2.75) is 20.3 Å². The number of morpholine rings is 1. The van der Waals surface area contributed by atoms with E-state index in [1.165, 1.54) is 11.1 Å². The van der Waals surface area contributed by atoms with Gasteiger partial charge in [-0.3, -0.25) is 14.6 Å². The summed E-state index contributed by atoms with van der Waals surface area (Å²) in [6, 6.07) is 9.51. The van der Waals surface area contributed by atoms with Gasteiger partial charge in [0.1, 0.15) is 11.5 Å². The third kappa shape index (κ3) is 5.46. The number of carbonyl (C=O) groups is 1. The van der Waals surface area contributed by atoms with E-state index in [-0.39, 0.29) is 5.91 Å². The number of aromatic nitrogens is 1. The summed E-state index contributed by atoms with van der Waals surface area (Å²) in [6.45, 7) is 9.07. The number of nitrogens with zero attached hydrogens (tertiary/aromatic N) is 3. The van der Waals surface area contributed by atoms with E-state index in [0.717, 1.165) is 49.5 Å². The maximum absolute atomic E-state index is 13.7. The van der Waals surface area contributed by atoms with Crippen LogP contribution in [0, 0.1) is 13.8 Å². The van der Waals surface area contributed by atoms with Gasteiger partial charge in [0.05, 0.1) is 37.6 Å². The Morgan fingerprint density at radius 2 is 1.73 bits per heavy atom. The van der Waals surface area contributed by atoms with Gasteiger partial charge in [-0.15, -0.1) is 0 Å². The molecule has 1 aliphatic rings. The van der Waals surface area contributed by atoms with Gasteiger partial charge in [-0.1, -0.05) is 11.3 Å². The monoisotopic (exact) mass is 469 g/mol. The number of thiazole rings is 1. The molecule has 2 aromatic carbocycles. The zero-order valence-electron chi connectivity index (χ0n) is 19.7. The first-order chi connectivity index (χ1) is 16.0. The minimum atomic E-state index is -0.110. The van der Waals surface area contributed by atoms with Crippen LogP contribution in [-0.4, -0.2) is 69.4 Å². The van der Waals surface area contributed by atoms with Crippen LogP contribution in [0.25, 0.3) is 10.2 Å². The molecule has 0 N–H and O–H groups in total. The number of benzene rings is 2. The molecule has 8 heteroatoms. The number of ether oxygens (including phenoxy) is 3. The highest BCUT2D eigenvalue weighted by Gasteiger charge is 2.23.